The summed E-state index contributed by atoms with van der Waals surface area (Å²) in [5.41, 5.74) is -1.64. The molecule has 0 aliphatic rings. The van der Waals surface area contributed by atoms with E-state index in [1.54, 1.807) is 80.6 Å². The smallest absolute Gasteiger partial charge is 0.408 e. The van der Waals surface area contributed by atoms with Gasteiger partial charge in [-0.05, 0) is 80.7 Å². The molecule has 10 nitrogen and oxygen atoms in total. The summed E-state index contributed by atoms with van der Waals surface area (Å²) in [4.78, 5) is 42.8. The van der Waals surface area contributed by atoms with E-state index in [9.17, 15) is 14.4 Å². The Labute approximate surface area is 214 Å². The number of esters is 2. The van der Waals surface area contributed by atoms with Gasteiger partial charge in [0, 0.05) is 12.3 Å². The second-order valence-corrected chi connectivity index (χ2v) is 11.5. The number of carbonyl (C=O) groups is 3. The van der Waals surface area contributed by atoms with E-state index in [2.05, 4.69) is 10.3 Å². The highest BCUT2D eigenvalue weighted by molar-refractivity contribution is 5.83. The third-order valence-corrected chi connectivity index (χ3v) is 4.26. The maximum Gasteiger partial charge on any atom is 0.408 e. The lowest BCUT2D eigenvalue weighted by atomic mass is 9.92. The summed E-state index contributed by atoms with van der Waals surface area (Å²) in [6, 6.07) is 2.21. The average molecular weight is 511 g/mol. The van der Waals surface area contributed by atoms with Gasteiger partial charge in [-0.1, -0.05) is 6.07 Å². The zero-order chi connectivity index (χ0) is 27.7. The molecule has 1 aromatic rings. The van der Waals surface area contributed by atoms with Gasteiger partial charge >= 0.3 is 18.0 Å². The van der Waals surface area contributed by atoms with Crippen LogP contribution in [-0.2, 0) is 30.2 Å². The third-order valence-electron chi connectivity index (χ3n) is 4.26. The second-order valence-electron chi connectivity index (χ2n) is 11.5. The van der Waals surface area contributed by atoms with Crippen molar-refractivity contribution in [3.8, 4) is 5.88 Å². The van der Waals surface area contributed by atoms with Gasteiger partial charge in [0.05, 0.1) is 12.5 Å². The first-order valence-corrected chi connectivity index (χ1v) is 12.0. The number of ether oxygens (including phenoxy) is 4. The van der Waals surface area contributed by atoms with Crippen molar-refractivity contribution < 1.29 is 38.4 Å². The van der Waals surface area contributed by atoms with Gasteiger partial charge in [0.2, 0.25) is 5.88 Å². The molecule has 1 aromatic heterocycles. The molecule has 0 aliphatic heterocycles. The molecule has 0 spiro atoms. The number of hydrogen-bond donors (Lipinski definition) is 2. The van der Waals surface area contributed by atoms with Gasteiger partial charge in [-0.3, -0.25) is 4.79 Å². The summed E-state index contributed by atoms with van der Waals surface area (Å²) < 4.78 is 21.7. The van der Waals surface area contributed by atoms with E-state index >= 15 is 0 Å². The summed E-state index contributed by atoms with van der Waals surface area (Å²) in [6.45, 7) is 15.5. The van der Waals surface area contributed by atoms with E-state index in [4.69, 9.17) is 24.1 Å². The molecule has 2 N–H and O–H groups in total. The van der Waals surface area contributed by atoms with E-state index in [1.807, 2.05) is 0 Å². The Morgan fingerprint density at radius 2 is 1.44 bits per heavy atom. The van der Waals surface area contributed by atoms with Crippen LogP contribution >= 0.6 is 0 Å². The average Bonchev–Trinajstić information content (AvgIpc) is 2.68. The van der Waals surface area contributed by atoms with E-state index in [-0.39, 0.29) is 26.1 Å². The van der Waals surface area contributed by atoms with Crippen LogP contribution in [-0.4, -0.2) is 64.2 Å². The normalized spacial score (nSPS) is 13.8. The summed E-state index contributed by atoms with van der Waals surface area (Å²) in [5.74, 6) is -1.68. The topological polar surface area (TPSA) is 133 Å². The van der Waals surface area contributed by atoms with Crippen LogP contribution in [0.3, 0.4) is 0 Å². The van der Waals surface area contributed by atoms with Gasteiger partial charge in [-0.15, -0.1) is 0 Å². The molecule has 0 fully saturated rings. The molecule has 0 aliphatic carbocycles. The standard InChI is InChI=1S/C26H42N2O8/c1-24(2,3)34-21(30)18(14-17-10-11-20(27-16-17)33-13-12-29)15-19(22(31)35-25(4,5)6)28-23(32)36-26(7,8)9/h10-11,16,18-19,29H,12-15H2,1-9H3,(H,28,32)/t18-,19-/m0/s1. The van der Waals surface area contributed by atoms with E-state index in [1.165, 1.54) is 0 Å². The molecule has 0 saturated carbocycles. The van der Waals surface area contributed by atoms with Crippen LogP contribution in [0.1, 0.15) is 74.3 Å². The van der Waals surface area contributed by atoms with Crippen LogP contribution in [0.4, 0.5) is 4.79 Å². The highest BCUT2D eigenvalue weighted by Crippen LogP contribution is 2.22. The molecule has 204 valence electrons. The Morgan fingerprint density at radius 3 is 1.92 bits per heavy atom. The molecule has 0 aromatic carbocycles. The van der Waals surface area contributed by atoms with E-state index in [0.717, 1.165) is 0 Å². The fourth-order valence-corrected chi connectivity index (χ4v) is 3.02. The number of aliphatic hydroxyl groups excluding tert-OH is 1. The molecule has 36 heavy (non-hydrogen) atoms. The van der Waals surface area contributed by atoms with Crippen molar-refractivity contribution in [3.63, 3.8) is 0 Å². The number of aromatic nitrogens is 1. The lowest BCUT2D eigenvalue weighted by Crippen LogP contribution is -2.48. The minimum atomic E-state index is -1.16. The van der Waals surface area contributed by atoms with Gasteiger partial charge in [0.25, 0.3) is 0 Å². The van der Waals surface area contributed by atoms with Crippen molar-refractivity contribution in [2.45, 2.75) is 98.0 Å². The van der Waals surface area contributed by atoms with Crippen molar-refractivity contribution in [2.75, 3.05) is 13.2 Å². The van der Waals surface area contributed by atoms with Crippen molar-refractivity contribution in [2.24, 2.45) is 5.92 Å². The zero-order valence-electron chi connectivity index (χ0n) is 23.0. The van der Waals surface area contributed by atoms with Crippen LogP contribution in [0, 0.1) is 5.92 Å². The summed E-state index contributed by atoms with van der Waals surface area (Å²) in [7, 11) is 0. The first kappa shape index (κ1) is 31.2. The van der Waals surface area contributed by atoms with Crippen LogP contribution in [0.15, 0.2) is 18.3 Å². The number of aliphatic hydroxyl groups is 1. The maximum absolute atomic E-state index is 13.1. The van der Waals surface area contributed by atoms with E-state index in [0.29, 0.717) is 11.4 Å². The quantitative estimate of drug-likeness (QED) is 0.358. The van der Waals surface area contributed by atoms with Crippen molar-refractivity contribution in [1.29, 1.82) is 0 Å². The maximum atomic E-state index is 13.1. The number of alkyl carbamates (subject to hydrolysis) is 1. The number of pyridine rings is 1. The summed E-state index contributed by atoms with van der Waals surface area (Å²) >= 11 is 0. The number of carbonyl (C=O) groups excluding carboxylic acids is 3. The fraction of sp³-hybridized carbons (Fsp3) is 0.692. The highest BCUT2D eigenvalue weighted by Gasteiger charge is 2.35. The lowest BCUT2D eigenvalue weighted by molar-refractivity contribution is -0.162. The molecule has 0 bridgehead atoms. The predicted octanol–water partition coefficient (Wildman–Crippen LogP) is 3.58. The molecule has 0 unspecified atom stereocenters. The molecule has 2 atom stereocenters. The first-order chi connectivity index (χ1) is 16.4. The molecule has 1 rings (SSSR count). The Balaban J connectivity index is 3.21. The number of nitrogens with zero attached hydrogens (tertiary/aromatic N) is 1. The summed E-state index contributed by atoms with van der Waals surface area (Å²) in [5, 5.41) is 11.5. The van der Waals surface area contributed by atoms with Gasteiger partial charge in [0.1, 0.15) is 29.5 Å². The largest absolute Gasteiger partial charge is 0.475 e. The van der Waals surface area contributed by atoms with Crippen molar-refractivity contribution >= 4 is 18.0 Å². The van der Waals surface area contributed by atoms with Crippen LogP contribution in [0.2, 0.25) is 0 Å². The number of nitrogens with one attached hydrogen (secondary N) is 1. The molecule has 10 heteroatoms. The highest BCUT2D eigenvalue weighted by atomic mass is 16.6. The molecular formula is C26H42N2O8. The van der Waals surface area contributed by atoms with Gasteiger partial charge in [-0.25, -0.2) is 14.6 Å². The minimum absolute atomic E-state index is 0.0775. The van der Waals surface area contributed by atoms with E-state index < -0.39 is 46.8 Å². The Kier molecular flexibility index (Phi) is 11.2. The van der Waals surface area contributed by atoms with Crippen LogP contribution < -0.4 is 10.1 Å². The van der Waals surface area contributed by atoms with Crippen LogP contribution in [0.5, 0.6) is 5.88 Å². The van der Waals surface area contributed by atoms with Crippen LogP contribution in [0.25, 0.3) is 0 Å². The number of hydrogen-bond acceptors (Lipinski definition) is 9. The van der Waals surface area contributed by atoms with Gasteiger partial charge in [-0.2, -0.15) is 0 Å². The number of amides is 1. The first-order valence-electron chi connectivity index (χ1n) is 12.0. The molecular weight excluding hydrogens is 468 g/mol. The number of rotatable bonds is 10. The molecule has 1 heterocycles. The van der Waals surface area contributed by atoms with Crippen molar-refractivity contribution in [3.05, 3.63) is 23.9 Å². The SMILES string of the molecule is CC(C)(C)OC(=O)N[C@@H](C[C@H](Cc1ccc(OCCO)nc1)C(=O)OC(C)(C)C)C(=O)OC(C)(C)C. The van der Waals surface area contributed by atoms with Gasteiger partial charge in [0.15, 0.2) is 0 Å². The Bertz CT molecular complexity index is 864. The lowest BCUT2D eigenvalue weighted by Gasteiger charge is -2.29. The van der Waals surface area contributed by atoms with Crippen molar-refractivity contribution in [1.82, 2.24) is 10.3 Å². The monoisotopic (exact) mass is 510 g/mol. The third kappa shape index (κ3) is 13.3. The minimum Gasteiger partial charge on any atom is -0.475 e. The predicted molar refractivity (Wildman–Crippen MR) is 133 cm³/mol. The Hall–Kier alpha value is -2.88. The zero-order valence-corrected chi connectivity index (χ0v) is 23.0. The Morgan fingerprint density at radius 1 is 0.889 bits per heavy atom. The second kappa shape index (κ2) is 12.9. The molecule has 0 saturated heterocycles. The summed E-state index contributed by atoms with van der Waals surface area (Å²) in [6.07, 6.45) is 0.866. The molecule has 0 radical (unpaired) electrons. The molecule has 1 amide bonds. The van der Waals surface area contributed by atoms with Gasteiger partial charge < -0.3 is 29.4 Å². The fourth-order valence-electron chi connectivity index (χ4n) is 3.02.